The lowest BCUT2D eigenvalue weighted by atomic mass is 9.91. The van der Waals surface area contributed by atoms with Crippen LogP contribution in [0.25, 0.3) is 0 Å². The molecule has 3 rings (SSSR count). The lowest BCUT2D eigenvalue weighted by Gasteiger charge is -2.40. The molecule has 2 aliphatic heterocycles. The predicted molar refractivity (Wildman–Crippen MR) is 85.7 cm³/mol. The van der Waals surface area contributed by atoms with Crippen molar-refractivity contribution >= 4 is 0 Å². The fraction of sp³-hybridized carbons (Fsp3) is 0.824. The number of piperidine rings is 1. The number of β-amino-alcohol motifs (C(OH)–C–C–N with tert-alkyl or cyclic N) is 1. The van der Waals surface area contributed by atoms with Gasteiger partial charge in [0.15, 0.2) is 5.89 Å². The molecule has 22 heavy (non-hydrogen) atoms. The maximum Gasteiger partial charge on any atom is 0.196 e. The third-order valence-corrected chi connectivity index (χ3v) is 4.95. The summed E-state index contributed by atoms with van der Waals surface area (Å²) in [5.41, 5.74) is 0.516. The van der Waals surface area contributed by atoms with Crippen LogP contribution in [-0.2, 0) is 6.54 Å². The van der Waals surface area contributed by atoms with E-state index in [9.17, 15) is 5.11 Å². The van der Waals surface area contributed by atoms with E-state index in [2.05, 4.69) is 28.6 Å². The van der Waals surface area contributed by atoms with Crippen molar-refractivity contribution in [2.45, 2.75) is 57.6 Å². The van der Waals surface area contributed by atoms with Crippen molar-refractivity contribution < 1.29 is 9.52 Å². The second-order valence-electron chi connectivity index (χ2n) is 7.32. The Labute approximate surface area is 133 Å². The van der Waals surface area contributed by atoms with Crippen LogP contribution in [0.4, 0.5) is 0 Å². The number of nitrogens with zero attached hydrogens (tertiary/aromatic N) is 3. The first-order valence-electron chi connectivity index (χ1n) is 8.65. The standard InChI is InChI=1S/C17H29N3O2/c1-14(2)16-18-15(12-22-16)11-19-9-5-17(21,6-10-19)13-20-7-3-4-8-20/h12,14,21H,3-11,13H2,1-2H3. The molecule has 0 bridgehead atoms. The van der Waals surface area contributed by atoms with Crippen molar-refractivity contribution in [3.8, 4) is 0 Å². The second kappa shape index (κ2) is 6.69. The molecule has 1 N–H and O–H groups in total. The number of aromatic nitrogens is 1. The van der Waals surface area contributed by atoms with Gasteiger partial charge >= 0.3 is 0 Å². The van der Waals surface area contributed by atoms with E-state index in [1.807, 2.05) is 0 Å². The summed E-state index contributed by atoms with van der Waals surface area (Å²) in [5.74, 6) is 1.15. The van der Waals surface area contributed by atoms with Crippen LogP contribution in [0.1, 0.15) is 57.0 Å². The number of likely N-dealkylation sites (tertiary alicyclic amines) is 2. The number of hydrogen-bond donors (Lipinski definition) is 1. The molecule has 0 aliphatic carbocycles. The average Bonchev–Trinajstić information content (AvgIpc) is 3.13. The third-order valence-electron chi connectivity index (χ3n) is 4.95. The Balaban J connectivity index is 1.48. The van der Waals surface area contributed by atoms with Gasteiger partial charge in [-0.3, -0.25) is 4.90 Å². The molecule has 0 aromatic carbocycles. The van der Waals surface area contributed by atoms with E-state index in [1.54, 1.807) is 6.26 Å². The highest BCUT2D eigenvalue weighted by atomic mass is 16.3. The second-order valence-corrected chi connectivity index (χ2v) is 7.32. The first-order valence-corrected chi connectivity index (χ1v) is 8.65. The van der Waals surface area contributed by atoms with Gasteiger partial charge < -0.3 is 14.4 Å². The van der Waals surface area contributed by atoms with Gasteiger partial charge in [0.05, 0.1) is 11.3 Å². The van der Waals surface area contributed by atoms with Crippen LogP contribution in [0.3, 0.4) is 0 Å². The molecular formula is C17H29N3O2. The van der Waals surface area contributed by atoms with E-state index in [4.69, 9.17) is 4.42 Å². The Kier molecular flexibility index (Phi) is 4.85. The molecule has 2 fully saturated rings. The van der Waals surface area contributed by atoms with Gasteiger partial charge in [-0.05, 0) is 38.8 Å². The molecule has 124 valence electrons. The van der Waals surface area contributed by atoms with Crippen molar-refractivity contribution in [2.24, 2.45) is 0 Å². The van der Waals surface area contributed by atoms with E-state index >= 15 is 0 Å². The molecule has 3 heterocycles. The van der Waals surface area contributed by atoms with Gasteiger partial charge in [-0.2, -0.15) is 0 Å². The molecule has 0 spiro atoms. The lowest BCUT2D eigenvalue weighted by molar-refractivity contribution is -0.0432. The molecule has 0 saturated carbocycles. The molecule has 1 aromatic rings. The summed E-state index contributed by atoms with van der Waals surface area (Å²) in [5, 5.41) is 10.8. The van der Waals surface area contributed by atoms with Crippen LogP contribution in [0.15, 0.2) is 10.7 Å². The Morgan fingerprint density at radius 1 is 1.18 bits per heavy atom. The molecule has 0 unspecified atom stereocenters. The predicted octanol–water partition coefficient (Wildman–Crippen LogP) is 2.22. The van der Waals surface area contributed by atoms with Gasteiger partial charge in [0.25, 0.3) is 0 Å². The van der Waals surface area contributed by atoms with Gasteiger partial charge in [0.2, 0.25) is 0 Å². The average molecular weight is 307 g/mol. The minimum absolute atomic E-state index is 0.334. The van der Waals surface area contributed by atoms with Gasteiger partial charge in [0, 0.05) is 32.1 Å². The minimum Gasteiger partial charge on any atom is -0.448 e. The molecule has 5 nitrogen and oxygen atoms in total. The van der Waals surface area contributed by atoms with Gasteiger partial charge in [-0.15, -0.1) is 0 Å². The summed E-state index contributed by atoms with van der Waals surface area (Å²) in [6, 6.07) is 0. The highest BCUT2D eigenvalue weighted by Crippen LogP contribution is 2.26. The summed E-state index contributed by atoms with van der Waals surface area (Å²) in [7, 11) is 0. The summed E-state index contributed by atoms with van der Waals surface area (Å²) >= 11 is 0. The van der Waals surface area contributed by atoms with Crippen molar-refractivity contribution in [3.63, 3.8) is 0 Å². The van der Waals surface area contributed by atoms with Gasteiger partial charge in [0.1, 0.15) is 6.26 Å². The molecule has 0 atom stereocenters. The summed E-state index contributed by atoms with van der Waals surface area (Å²) < 4.78 is 5.50. The van der Waals surface area contributed by atoms with E-state index in [0.717, 1.165) is 63.7 Å². The van der Waals surface area contributed by atoms with Crippen LogP contribution in [-0.4, -0.2) is 58.2 Å². The number of hydrogen-bond acceptors (Lipinski definition) is 5. The highest BCUT2D eigenvalue weighted by Gasteiger charge is 2.34. The van der Waals surface area contributed by atoms with Crippen LogP contribution in [0.5, 0.6) is 0 Å². The SMILES string of the molecule is CC(C)c1nc(CN2CCC(O)(CN3CCCC3)CC2)co1. The number of rotatable bonds is 5. The first kappa shape index (κ1) is 16.0. The Hall–Kier alpha value is -0.910. The highest BCUT2D eigenvalue weighted by molar-refractivity contribution is 5.00. The smallest absolute Gasteiger partial charge is 0.196 e. The summed E-state index contributed by atoms with van der Waals surface area (Å²) in [6.07, 6.45) is 6.07. The van der Waals surface area contributed by atoms with Crippen LogP contribution < -0.4 is 0 Å². The Bertz CT molecular complexity index is 472. The third kappa shape index (κ3) is 3.89. The van der Waals surface area contributed by atoms with E-state index < -0.39 is 5.60 Å². The van der Waals surface area contributed by atoms with Crippen molar-refractivity contribution in [1.29, 1.82) is 0 Å². The maximum atomic E-state index is 10.8. The number of oxazole rings is 1. The zero-order valence-electron chi connectivity index (χ0n) is 13.9. The van der Waals surface area contributed by atoms with Crippen LogP contribution in [0, 0.1) is 0 Å². The minimum atomic E-state index is -0.492. The van der Waals surface area contributed by atoms with Gasteiger partial charge in [-0.1, -0.05) is 13.8 Å². The fourth-order valence-electron chi connectivity index (χ4n) is 3.53. The van der Waals surface area contributed by atoms with Crippen LogP contribution >= 0.6 is 0 Å². The molecule has 2 saturated heterocycles. The zero-order chi connectivity index (χ0) is 15.6. The molecule has 2 aliphatic rings. The quantitative estimate of drug-likeness (QED) is 0.904. The van der Waals surface area contributed by atoms with E-state index in [0.29, 0.717) is 5.92 Å². The first-order chi connectivity index (χ1) is 10.5. The van der Waals surface area contributed by atoms with Crippen molar-refractivity contribution in [3.05, 3.63) is 17.8 Å². The van der Waals surface area contributed by atoms with E-state index in [1.165, 1.54) is 12.8 Å². The zero-order valence-corrected chi connectivity index (χ0v) is 13.9. The fourth-order valence-corrected chi connectivity index (χ4v) is 3.53. The lowest BCUT2D eigenvalue weighted by Crippen LogP contribution is -2.50. The molecule has 0 radical (unpaired) electrons. The molecule has 5 heteroatoms. The summed E-state index contributed by atoms with van der Waals surface area (Å²) in [6.45, 7) is 10.1. The topological polar surface area (TPSA) is 52.7 Å². The van der Waals surface area contributed by atoms with Crippen molar-refractivity contribution in [1.82, 2.24) is 14.8 Å². The number of aliphatic hydroxyl groups is 1. The monoisotopic (exact) mass is 307 g/mol. The Morgan fingerprint density at radius 3 is 2.45 bits per heavy atom. The molecule has 1 aromatic heterocycles. The largest absolute Gasteiger partial charge is 0.448 e. The normalized spacial score (nSPS) is 23.5. The molecular weight excluding hydrogens is 278 g/mol. The Morgan fingerprint density at radius 2 is 1.86 bits per heavy atom. The maximum absolute atomic E-state index is 10.8. The van der Waals surface area contributed by atoms with Crippen LogP contribution in [0.2, 0.25) is 0 Å². The van der Waals surface area contributed by atoms with Gasteiger partial charge in [-0.25, -0.2) is 4.98 Å². The van der Waals surface area contributed by atoms with E-state index in [-0.39, 0.29) is 0 Å². The summed E-state index contributed by atoms with van der Waals surface area (Å²) in [4.78, 5) is 9.34. The van der Waals surface area contributed by atoms with Crippen molar-refractivity contribution in [2.75, 3.05) is 32.7 Å². The molecule has 0 amide bonds.